The number of aryl methyl sites for hydroxylation is 1. The Balaban J connectivity index is 1.51. The van der Waals surface area contributed by atoms with Crippen molar-refractivity contribution >= 4 is 11.8 Å². The maximum Gasteiger partial charge on any atom is 0.245 e. The van der Waals surface area contributed by atoms with Crippen LogP contribution >= 0.6 is 0 Å². The van der Waals surface area contributed by atoms with Crippen molar-refractivity contribution in [2.24, 2.45) is 0 Å². The highest BCUT2D eigenvalue weighted by Gasteiger charge is 2.42. The van der Waals surface area contributed by atoms with Crippen LogP contribution in [0.15, 0.2) is 30.3 Å². The lowest BCUT2D eigenvalue weighted by Gasteiger charge is -2.45. The van der Waals surface area contributed by atoms with Gasteiger partial charge in [-0.15, -0.1) is 0 Å². The number of nitrogens with one attached hydrogen (secondary N) is 1. The summed E-state index contributed by atoms with van der Waals surface area (Å²) >= 11 is 0. The van der Waals surface area contributed by atoms with Crippen molar-refractivity contribution < 1.29 is 9.59 Å². The van der Waals surface area contributed by atoms with Crippen molar-refractivity contribution in [1.82, 2.24) is 15.1 Å². The molecule has 2 amide bonds. The molecule has 24 heavy (non-hydrogen) atoms. The smallest absolute Gasteiger partial charge is 0.245 e. The van der Waals surface area contributed by atoms with Gasteiger partial charge in [0.15, 0.2) is 0 Å². The van der Waals surface area contributed by atoms with Crippen LogP contribution in [0.1, 0.15) is 31.7 Å². The molecule has 1 N–H and O–H groups in total. The molecule has 0 radical (unpaired) electrons. The fraction of sp³-hybridized carbons (Fsp3) is 0.579. The molecule has 0 aliphatic carbocycles. The SMILES string of the molecule is CCC[C@@H]1NC(=O)[C@H]2CN(CCCc3ccccc3)CCN2C1=O. The van der Waals surface area contributed by atoms with Crippen molar-refractivity contribution in [2.45, 2.75) is 44.7 Å². The lowest BCUT2D eigenvalue weighted by atomic mass is 10.0. The molecule has 5 heteroatoms. The monoisotopic (exact) mass is 329 g/mol. The van der Waals surface area contributed by atoms with Gasteiger partial charge in [0.2, 0.25) is 11.8 Å². The fourth-order valence-electron chi connectivity index (χ4n) is 3.70. The highest BCUT2D eigenvalue weighted by atomic mass is 16.2. The zero-order chi connectivity index (χ0) is 16.9. The van der Waals surface area contributed by atoms with E-state index in [1.807, 2.05) is 13.0 Å². The van der Waals surface area contributed by atoms with Gasteiger partial charge in [0, 0.05) is 19.6 Å². The predicted molar refractivity (Wildman–Crippen MR) is 93.5 cm³/mol. The third-order valence-corrected chi connectivity index (χ3v) is 5.02. The van der Waals surface area contributed by atoms with Gasteiger partial charge in [0.05, 0.1) is 0 Å². The second-order valence-corrected chi connectivity index (χ2v) is 6.79. The van der Waals surface area contributed by atoms with Crippen LogP contribution in [0.2, 0.25) is 0 Å². The molecular formula is C19H27N3O2. The topological polar surface area (TPSA) is 52.7 Å². The maximum absolute atomic E-state index is 12.5. The first-order valence-electron chi connectivity index (χ1n) is 9.06. The van der Waals surface area contributed by atoms with Gasteiger partial charge in [-0.1, -0.05) is 43.7 Å². The van der Waals surface area contributed by atoms with Crippen LogP contribution in [0.3, 0.4) is 0 Å². The lowest BCUT2D eigenvalue weighted by Crippen LogP contribution is -2.69. The van der Waals surface area contributed by atoms with E-state index >= 15 is 0 Å². The third kappa shape index (κ3) is 3.78. The van der Waals surface area contributed by atoms with Gasteiger partial charge < -0.3 is 10.2 Å². The Morgan fingerprint density at radius 2 is 1.96 bits per heavy atom. The number of carbonyl (C=O) groups is 2. The molecule has 0 bridgehead atoms. The molecule has 0 unspecified atom stereocenters. The first-order valence-corrected chi connectivity index (χ1v) is 9.06. The van der Waals surface area contributed by atoms with E-state index in [1.165, 1.54) is 5.56 Å². The van der Waals surface area contributed by atoms with Gasteiger partial charge in [-0.3, -0.25) is 14.5 Å². The summed E-state index contributed by atoms with van der Waals surface area (Å²) in [6, 6.07) is 9.85. The minimum Gasteiger partial charge on any atom is -0.342 e. The van der Waals surface area contributed by atoms with Gasteiger partial charge in [0.25, 0.3) is 0 Å². The lowest BCUT2D eigenvalue weighted by molar-refractivity contribution is -0.153. The van der Waals surface area contributed by atoms with Crippen molar-refractivity contribution in [2.75, 3.05) is 26.2 Å². The van der Waals surface area contributed by atoms with Gasteiger partial charge in [-0.2, -0.15) is 0 Å². The Morgan fingerprint density at radius 1 is 1.17 bits per heavy atom. The number of piperazine rings is 2. The Labute approximate surface area is 144 Å². The largest absolute Gasteiger partial charge is 0.342 e. The molecule has 2 atom stereocenters. The van der Waals surface area contributed by atoms with E-state index < -0.39 is 0 Å². The number of carbonyl (C=O) groups excluding carboxylic acids is 2. The zero-order valence-corrected chi connectivity index (χ0v) is 14.4. The summed E-state index contributed by atoms with van der Waals surface area (Å²) in [5, 5.41) is 2.91. The minimum absolute atomic E-state index is 0.0146. The second kappa shape index (κ2) is 7.79. The summed E-state index contributed by atoms with van der Waals surface area (Å²) in [4.78, 5) is 29.0. The van der Waals surface area contributed by atoms with Crippen molar-refractivity contribution in [3.05, 3.63) is 35.9 Å². The summed E-state index contributed by atoms with van der Waals surface area (Å²) in [6.07, 6.45) is 3.76. The molecule has 1 aromatic rings. The molecule has 3 rings (SSSR count). The maximum atomic E-state index is 12.5. The molecule has 2 aliphatic heterocycles. The molecule has 2 aliphatic rings. The molecule has 1 aromatic carbocycles. The van der Waals surface area contributed by atoms with Crippen molar-refractivity contribution in [3.8, 4) is 0 Å². The predicted octanol–water partition coefficient (Wildman–Crippen LogP) is 1.43. The standard InChI is InChI=1S/C19H27N3O2/c1-2-7-16-19(24)22-13-12-21(14-17(22)18(23)20-16)11-6-10-15-8-4-3-5-9-15/h3-5,8-9,16-17H,2,6-7,10-14H2,1H3,(H,20,23)/t16-,17+/m0/s1. The molecule has 2 heterocycles. The Morgan fingerprint density at radius 3 is 2.71 bits per heavy atom. The van der Waals surface area contributed by atoms with Crippen LogP contribution in [0.5, 0.6) is 0 Å². The first-order chi connectivity index (χ1) is 11.7. The van der Waals surface area contributed by atoms with Crippen LogP contribution in [0.4, 0.5) is 0 Å². The van der Waals surface area contributed by atoms with Crippen LogP contribution < -0.4 is 5.32 Å². The molecule has 2 fully saturated rings. The zero-order valence-electron chi connectivity index (χ0n) is 14.4. The van der Waals surface area contributed by atoms with Gasteiger partial charge >= 0.3 is 0 Å². The van der Waals surface area contributed by atoms with Crippen LogP contribution in [0, 0.1) is 0 Å². The number of fused-ring (bicyclic) bond motifs is 1. The van der Waals surface area contributed by atoms with E-state index in [0.29, 0.717) is 13.1 Å². The quantitative estimate of drug-likeness (QED) is 0.859. The van der Waals surface area contributed by atoms with Crippen LogP contribution in [-0.4, -0.2) is 59.9 Å². The van der Waals surface area contributed by atoms with Gasteiger partial charge in [-0.25, -0.2) is 0 Å². The summed E-state index contributed by atoms with van der Waals surface area (Å²) in [6.45, 7) is 5.20. The van der Waals surface area contributed by atoms with E-state index in [1.54, 1.807) is 4.90 Å². The van der Waals surface area contributed by atoms with Crippen molar-refractivity contribution in [3.63, 3.8) is 0 Å². The molecule has 0 saturated carbocycles. The molecule has 2 saturated heterocycles. The number of hydrogen-bond acceptors (Lipinski definition) is 3. The van der Waals surface area contributed by atoms with E-state index in [9.17, 15) is 9.59 Å². The average molecular weight is 329 g/mol. The highest BCUT2D eigenvalue weighted by Crippen LogP contribution is 2.18. The van der Waals surface area contributed by atoms with Crippen LogP contribution in [0.25, 0.3) is 0 Å². The third-order valence-electron chi connectivity index (χ3n) is 5.02. The van der Waals surface area contributed by atoms with E-state index in [4.69, 9.17) is 0 Å². The Kier molecular flexibility index (Phi) is 5.51. The highest BCUT2D eigenvalue weighted by molar-refractivity contribution is 5.97. The number of benzene rings is 1. The number of rotatable bonds is 6. The molecule has 0 aromatic heterocycles. The van der Waals surface area contributed by atoms with Gasteiger partial charge in [0.1, 0.15) is 12.1 Å². The number of nitrogens with zero attached hydrogens (tertiary/aromatic N) is 2. The molecular weight excluding hydrogens is 302 g/mol. The fourth-order valence-corrected chi connectivity index (χ4v) is 3.70. The van der Waals surface area contributed by atoms with Gasteiger partial charge in [-0.05, 0) is 31.4 Å². The Hall–Kier alpha value is -1.88. The summed E-state index contributed by atoms with van der Waals surface area (Å²) < 4.78 is 0. The number of amides is 2. The first kappa shape index (κ1) is 17.0. The molecule has 0 spiro atoms. The number of hydrogen-bond donors (Lipinski definition) is 1. The van der Waals surface area contributed by atoms with Crippen LogP contribution in [-0.2, 0) is 16.0 Å². The van der Waals surface area contributed by atoms with E-state index in [-0.39, 0.29) is 23.9 Å². The molecule has 5 nitrogen and oxygen atoms in total. The second-order valence-electron chi connectivity index (χ2n) is 6.79. The summed E-state index contributed by atoms with van der Waals surface area (Å²) in [7, 11) is 0. The normalized spacial score (nSPS) is 24.6. The van der Waals surface area contributed by atoms with E-state index in [2.05, 4.69) is 34.5 Å². The summed E-state index contributed by atoms with van der Waals surface area (Å²) in [5.74, 6) is 0.117. The minimum atomic E-state index is -0.316. The summed E-state index contributed by atoms with van der Waals surface area (Å²) in [5.41, 5.74) is 1.35. The average Bonchev–Trinajstić information content (AvgIpc) is 2.60. The molecule has 130 valence electrons. The van der Waals surface area contributed by atoms with E-state index in [0.717, 1.165) is 38.8 Å². The van der Waals surface area contributed by atoms with Crippen molar-refractivity contribution in [1.29, 1.82) is 0 Å². The Bertz CT molecular complexity index is 575.